The largest absolute Gasteiger partial charge is 0.507 e. The first-order valence-electron chi connectivity index (χ1n) is 4.88. The molecular formula is C11H21O3S+. The van der Waals surface area contributed by atoms with Gasteiger partial charge in [-0.15, -0.1) is 4.21 Å². The zero-order valence-electron chi connectivity index (χ0n) is 10.3. The second-order valence-electron chi connectivity index (χ2n) is 4.96. The van der Waals surface area contributed by atoms with Crippen LogP contribution >= 0.6 is 0 Å². The number of rotatable bonds is 4. The smallest absolute Gasteiger partial charge is 0.160 e. The van der Waals surface area contributed by atoms with Gasteiger partial charge in [0, 0.05) is 5.92 Å². The topological polar surface area (TPSA) is 54.4 Å². The van der Waals surface area contributed by atoms with Crippen LogP contribution in [0.5, 0.6) is 0 Å². The molecule has 0 aliphatic carbocycles. The Bertz CT molecular complexity index is 321. The molecule has 0 aromatic heterocycles. The minimum atomic E-state index is -2.18. The fourth-order valence-corrected chi connectivity index (χ4v) is 2.10. The van der Waals surface area contributed by atoms with Crippen molar-refractivity contribution in [2.24, 2.45) is 11.3 Å². The van der Waals surface area contributed by atoms with E-state index < -0.39 is 15.3 Å². The number of carbonyl (C=O) groups is 1. The number of Topliss-reactive ketones (excluding diaryl/α,β-unsaturated/α-hetero) is 1. The van der Waals surface area contributed by atoms with E-state index in [1.807, 2.05) is 0 Å². The third kappa shape index (κ3) is 4.16. The van der Waals surface area contributed by atoms with Crippen molar-refractivity contribution in [3.8, 4) is 0 Å². The van der Waals surface area contributed by atoms with Crippen molar-refractivity contribution in [2.45, 2.75) is 27.7 Å². The summed E-state index contributed by atoms with van der Waals surface area (Å²) in [5, 5.41) is 11.1. The van der Waals surface area contributed by atoms with Gasteiger partial charge in [0.1, 0.15) is 28.2 Å². The number of hydrogen-bond donors (Lipinski definition) is 1. The first-order valence-corrected chi connectivity index (χ1v) is 7.32. The second kappa shape index (κ2) is 4.47. The first-order chi connectivity index (χ1) is 6.48. The van der Waals surface area contributed by atoms with Crippen molar-refractivity contribution in [1.82, 2.24) is 0 Å². The van der Waals surface area contributed by atoms with E-state index >= 15 is 0 Å². The van der Waals surface area contributed by atoms with E-state index in [-0.39, 0.29) is 17.5 Å². The molecular weight excluding hydrogens is 212 g/mol. The number of aliphatic hydroxyl groups excluding tert-OH is 1. The Balaban J connectivity index is 5.14. The molecule has 0 radical (unpaired) electrons. The van der Waals surface area contributed by atoms with Crippen LogP contribution in [-0.2, 0) is 18.9 Å². The van der Waals surface area contributed by atoms with Gasteiger partial charge < -0.3 is 5.11 Å². The molecule has 0 fully saturated rings. The number of carbonyl (C=O) groups excluding carboxylic acids is 1. The van der Waals surface area contributed by atoms with Crippen molar-refractivity contribution >= 4 is 15.7 Å². The molecule has 3 nitrogen and oxygen atoms in total. The predicted molar refractivity (Wildman–Crippen MR) is 64.2 cm³/mol. The molecule has 4 heteroatoms. The minimum absolute atomic E-state index is 0.0556. The van der Waals surface area contributed by atoms with Crippen molar-refractivity contribution in [3.05, 3.63) is 11.2 Å². The van der Waals surface area contributed by atoms with E-state index in [9.17, 15) is 14.1 Å². The average molecular weight is 233 g/mol. The molecule has 88 valence electrons. The van der Waals surface area contributed by atoms with Crippen LogP contribution < -0.4 is 0 Å². The Labute approximate surface area is 93.0 Å². The highest BCUT2D eigenvalue weighted by Crippen LogP contribution is 2.29. The number of ketones is 1. The van der Waals surface area contributed by atoms with E-state index in [1.54, 1.807) is 27.7 Å². The van der Waals surface area contributed by atoms with Crippen LogP contribution in [0.3, 0.4) is 0 Å². The fourth-order valence-electron chi connectivity index (χ4n) is 1.26. The summed E-state index contributed by atoms with van der Waals surface area (Å²) >= 11 is 0. The standard InChI is InChI=1S/C11H20O3S/c1-8(2)10(13)11(3,4)9(12)7-15(5,6)14/h7-8H,1-6H3/p+1. The Hall–Kier alpha value is -0.640. The summed E-state index contributed by atoms with van der Waals surface area (Å²) in [5.74, 6) is -0.309. The maximum absolute atomic E-state index is 11.8. The zero-order chi connectivity index (χ0) is 12.4. The highest BCUT2D eigenvalue weighted by molar-refractivity contribution is 8.04. The lowest BCUT2D eigenvalue weighted by Gasteiger charge is -2.23. The number of hydrogen-bond acceptors (Lipinski definition) is 3. The highest BCUT2D eigenvalue weighted by Gasteiger charge is 2.35. The van der Waals surface area contributed by atoms with Gasteiger partial charge in [-0.1, -0.05) is 13.8 Å². The molecule has 0 unspecified atom stereocenters. The van der Waals surface area contributed by atoms with Gasteiger partial charge in [-0.2, -0.15) is 0 Å². The average Bonchev–Trinajstić information content (AvgIpc) is 1.99. The molecule has 0 atom stereocenters. The molecule has 0 aliphatic heterocycles. The fraction of sp³-hybridized carbons (Fsp3) is 0.727. The van der Waals surface area contributed by atoms with Crippen LogP contribution in [0.4, 0.5) is 0 Å². The molecule has 0 spiro atoms. The van der Waals surface area contributed by atoms with Crippen molar-refractivity contribution < 1.29 is 14.1 Å². The van der Waals surface area contributed by atoms with E-state index in [4.69, 9.17) is 0 Å². The molecule has 0 heterocycles. The molecule has 0 saturated heterocycles. The molecule has 0 aromatic rings. The van der Waals surface area contributed by atoms with Crippen molar-refractivity contribution in [2.75, 3.05) is 12.5 Å². The van der Waals surface area contributed by atoms with Gasteiger partial charge in [0.2, 0.25) is 0 Å². The summed E-state index contributed by atoms with van der Waals surface area (Å²) in [6.07, 6.45) is 3.05. The van der Waals surface area contributed by atoms with Gasteiger partial charge in [0.15, 0.2) is 11.2 Å². The Kier molecular flexibility index (Phi) is 4.28. The van der Waals surface area contributed by atoms with Crippen LogP contribution in [-0.4, -0.2) is 23.4 Å². The Morgan fingerprint density at radius 3 is 2.00 bits per heavy atom. The molecule has 0 aromatic carbocycles. The molecule has 0 aliphatic rings. The van der Waals surface area contributed by atoms with Gasteiger partial charge in [0.05, 0.1) is 5.41 Å². The summed E-state index contributed by atoms with van der Waals surface area (Å²) in [6.45, 7) is 6.86. The Morgan fingerprint density at radius 2 is 1.73 bits per heavy atom. The van der Waals surface area contributed by atoms with Crippen molar-refractivity contribution in [1.29, 1.82) is 0 Å². The van der Waals surface area contributed by atoms with Crippen LogP contribution in [0, 0.1) is 11.3 Å². The summed E-state index contributed by atoms with van der Waals surface area (Å²) in [6, 6.07) is 0. The predicted octanol–water partition coefficient (Wildman–Crippen LogP) is 2.40. The monoisotopic (exact) mass is 233 g/mol. The number of allylic oxidation sites excluding steroid dienone is 1. The van der Waals surface area contributed by atoms with Gasteiger partial charge >= 0.3 is 0 Å². The van der Waals surface area contributed by atoms with Gasteiger partial charge in [-0.05, 0) is 13.8 Å². The van der Waals surface area contributed by atoms with Crippen LogP contribution in [0.15, 0.2) is 11.2 Å². The SMILES string of the molecule is CC(C)C(=O)C(C)(C)/C(O)=C/[S+](C)(C)=O. The Morgan fingerprint density at radius 1 is 1.33 bits per heavy atom. The lowest BCUT2D eigenvalue weighted by molar-refractivity contribution is -0.129. The van der Waals surface area contributed by atoms with Gasteiger partial charge in [0.25, 0.3) is 0 Å². The minimum Gasteiger partial charge on any atom is -0.507 e. The summed E-state index contributed by atoms with van der Waals surface area (Å²) < 4.78 is 11.5. The lowest BCUT2D eigenvalue weighted by atomic mass is 9.81. The normalized spacial score (nSPS) is 14.5. The molecule has 0 amide bonds. The maximum Gasteiger partial charge on any atom is 0.160 e. The zero-order valence-corrected chi connectivity index (χ0v) is 11.1. The molecule has 15 heavy (non-hydrogen) atoms. The van der Waals surface area contributed by atoms with Crippen molar-refractivity contribution in [3.63, 3.8) is 0 Å². The molecule has 1 N–H and O–H groups in total. The third-order valence-electron chi connectivity index (χ3n) is 2.18. The maximum atomic E-state index is 11.8. The summed E-state index contributed by atoms with van der Waals surface area (Å²) in [4.78, 5) is 11.8. The van der Waals surface area contributed by atoms with E-state index in [2.05, 4.69) is 0 Å². The quantitative estimate of drug-likeness (QED) is 0.599. The second-order valence-corrected chi connectivity index (χ2v) is 7.81. The van der Waals surface area contributed by atoms with E-state index in [0.29, 0.717) is 0 Å². The third-order valence-corrected chi connectivity index (χ3v) is 2.97. The summed E-state index contributed by atoms with van der Waals surface area (Å²) in [7, 11) is -2.18. The van der Waals surface area contributed by atoms with Gasteiger partial charge in [-0.3, -0.25) is 4.79 Å². The molecule has 0 rings (SSSR count). The van der Waals surface area contributed by atoms with E-state index in [1.165, 1.54) is 17.9 Å². The summed E-state index contributed by atoms with van der Waals surface area (Å²) in [5.41, 5.74) is -0.956. The van der Waals surface area contributed by atoms with Gasteiger partial charge in [-0.25, -0.2) is 0 Å². The number of aliphatic hydroxyl groups is 1. The van der Waals surface area contributed by atoms with E-state index in [0.717, 1.165) is 0 Å². The van der Waals surface area contributed by atoms with Crippen LogP contribution in [0.1, 0.15) is 27.7 Å². The lowest BCUT2D eigenvalue weighted by Crippen LogP contribution is -2.31. The first kappa shape index (κ1) is 14.4. The van der Waals surface area contributed by atoms with Crippen LogP contribution in [0.25, 0.3) is 0 Å². The van der Waals surface area contributed by atoms with Crippen LogP contribution in [0.2, 0.25) is 0 Å². The molecule has 0 bridgehead atoms. The molecule has 0 saturated carbocycles. The highest BCUT2D eigenvalue weighted by atomic mass is 32.2.